The van der Waals surface area contributed by atoms with E-state index in [-0.39, 0.29) is 6.54 Å². The van der Waals surface area contributed by atoms with E-state index in [1.807, 2.05) is 4.90 Å². The monoisotopic (exact) mass is 215 g/mol. The summed E-state index contributed by atoms with van der Waals surface area (Å²) < 4.78 is 0. The van der Waals surface area contributed by atoms with Gasteiger partial charge in [0.25, 0.3) is 0 Å². The van der Waals surface area contributed by atoms with Crippen molar-refractivity contribution in [2.75, 3.05) is 33.7 Å². The first-order valence-corrected chi connectivity index (χ1v) is 5.39. The van der Waals surface area contributed by atoms with Crippen molar-refractivity contribution < 1.29 is 9.90 Å². The van der Waals surface area contributed by atoms with Gasteiger partial charge in [-0.1, -0.05) is 0 Å². The van der Waals surface area contributed by atoms with Gasteiger partial charge in [0.05, 0.1) is 0 Å². The zero-order chi connectivity index (χ0) is 11.4. The molecule has 0 radical (unpaired) electrons. The number of carbonyl (C=O) groups is 1. The molecule has 1 aliphatic heterocycles. The topological polar surface area (TPSA) is 69.8 Å². The van der Waals surface area contributed by atoms with Crippen molar-refractivity contribution in [3.8, 4) is 0 Å². The van der Waals surface area contributed by atoms with Gasteiger partial charge in [-0.15, -0.1) is 0 Å². The molecule has 1 atom stereocenters. The number of nitrogens with zero attached hydrogens (tertiary/aromatic N) is 2. The summed E-state index contributed by atoms with van der Waals surface area (Å²) >= 11 is 0. The molecule has 1 fully saturated rings. The molecule has 5 heteroatoms. The SMILES string of the molecule is CN(C)C1CCN(C(CN)C(=O)O)CC1. The second-order valence-electron chi connectivity index (χ2n) is 4.32. The number of carboxylic acid groups (broad SMARTS) is 1. The molecule has 15 heavy (non-hydrogen) atoms. The normalized spacial score (nSPS) is 21.9. The molecule has 0 aliphatic carbocycles. The molecule has 1 unspecified atom stereocenters. The number of rotatable bonds is 4. The molecule has 1 rings (SSSR count). The second kappa shape index (κ2) is 5.44. The molecule has 1 aliphatic rings. The van der Waals surface area contributed by atoms with Gasteiger partial charge in [0.1, 0.15) is 6.04 Å². The first-order chi connectivity index (χ1) is 7.06. The van der Waals surface area contributed by atoms with Crippen molar-refractivity contribution in [1.82, 2.24) is 9.80 Å². The number of hydrogen-bond donors (Lipinski definition) is 2. The van der Waals surface area contributed by atoms with E-state index in [0.717, 1.165) is 25.9 Å². The summed E-state index contributed by atoms with van der Waals surface area (Å²) in [6.07, 6.45) is 2.05. The van der Waals surface area contributed by atoms with Crippen LogP contribution in [0.15, 0.2) is 0 Å². The summed E-state index contributed by atoms with van der Waals surface area (Å²) in [4.78, 5) is 15.1. The Morgan fingerprint density at radius 2 is 2.07 bits per heavy atom. The molecule has 0 aromatic carbocycles. The van der Waals surface area contributed by atoms with E-state index in [2.05, 4.69) is 19.0 Å². The quantitative estimate of drug-likeness (QED) is 0.657. The minimum Gasteiger partial charge on any atom is -0.480 e. The Balaban J connectivity index is 2.45. The third-order valence-electron chi connectivity index (χ3n) is 3.18. The van der Waals surface area contributed by atoms with E-state index < -0.39 is 12.0 Å². The molecule has 0 amide bonds. The number of aliphatic carboxylic acids is 1. The Labute approximate surface area is 90.8 Å². The molecule has 0 aromatic heterocycles. The zero-order valence-electron chi connectivity index (χ0n) is 9.52. The smallest absolute Gasteiger partial charge is 0.322 e. The number of piperidine rings is 1. The second-order valence-corrected chi connectivity index (χ2v) is 4.32. The summed E-state index contributed by atoms with van der Waals surface area (Å²) in [6, 6.07) is 0.0709. The lowest BCUT2D eigenvalue weighted by Crippen LogP contribution is -2.51. The first kappa shape index (κ1) is 12.4. The lowest BCUT2D eigenvalue weighted by atomic mass is 10.0. The predicted molar refractivity (Wildman–Crippen MR) is 58.8 cm³/mol. The van der Waals surface area contributed by atoms with Gasteiger partial charge in [-0.2, -0.15) is 0 Å². The highest BCUT2D eigenvalue weighted by atomic mass is 16.4. The molecular formula is C10H21N3O2. The number of hydrogen-bond acceptors (Lipinski definition) is 4. The van der Waals surface area contributed by atoms with Crippen LogP contribution >= 0.6 is 0 Å². The van der Waals surface area contributed by atoms with E-state index in [1.165, 1.54) is 0 Å². The van der Waals surface area contributed by atoms with Gasteiger partial charge in [0.15, 0.2) is 0 Å². The summed E-state index contributed by atoms with van der Waals surface area (Å²) in [5.74, 6) is -0.805. The lowest BCUT2D eigenvalue weighted by Gasteiger charge is -2.37. The highest BCUT2D eigenvalue weighted by Gasteiger charge is 2.28. The van der Waals surface area contributed by atoms with Gasteiger partial charge in [0.2, 0.25) is 0 Å². The van der Waals surface area contributed by atoms with Crippen molar-refractivity contribution in [2.24, 2.45) is 5.73 Å². The van der Waals surface area contributed by atoms with Crippen molar-refractivity contribution in [1.29, 1.82) is 0 Å². The van der Waals surface area contributed by atoms with E-state index in [9.17, 15) is 4.79 Å². The van der Waals surface area contributed by atoms with E-state index in [4.69, 9.17) is 10.8 Å². The van der Waals surface area contributed by atoms with E-state index in [0.29, 0.717) is 6.04 Å². The van der Waals surface area contributed by atoms with E-state index in [1.54, 1.807) is 0 Å². The number of nitrogens with two attached hydrogens (primary N) is 1. The number of carboxylic acids is 1. The van der Waals surface area contributed by atoms with Crippen molar-refractivity contribution in [3.63, 3.8) is 0 Å². The van der Waals surface area contributed by atoms with Crippen LogP contribution in [0.3, 0.4) is 0 Å². The van der Waals surface area contributed by atoms with Gasteiger partial charge >= 0.3 is 5.97 Å². The van der Waals surface area contributed by atoms with Gasteiger partial charge in [0, 0.05) is 25.7 Å². The minimum atomic E-state index is -0.805. The van der Waals surface area contributed by atoms with Crippen LogP contribution in [0.5, 0.6) is 0 Å². The maximum absolute atomic E-state index is 10.9. The maximum Gasteiger partial charge on any atom is 0.322 e. The minimum absolute atomic E-state index is 0.196. The highest BCUT2D eigenvalue weighted by Crippen LogP contribution is 2.16. The molecule has 1 heterocycles. The average molecular weight is 215 g/mol. The first-order valence-electron chi connectivity index (χ1n) is 5.39. The third-order valence-corrected chi connectivity index (χ3v) is 3.18. The van der Waals surface area contributed by atoms with Gasteiger partial charge in [-0.3, -0.25) is 9.69 Å². The summed E-state index contributed by atoms with van der Waals surface area (Å²) in [7, 11) is 4.13. The Bertz CT molecular complexity index is 213. The summed E-state index contributed by atoms with van der Waals surface area (Å²) in [5.41, 5.74) is 5.47. The van der Waals surface area contributed by atoms with Gasteiger partial charge in [-0.05, 0) is 26.9 Å². The molecule has 0 aromatic rings. The summed E-state index contributed by atoms with van der Waals surface area (Å²) in [6.45, 7) is 1.86. The Hall–Kier alpha value is -0.650. The van der Waals surface area contributed by atoms with Crippen LogP contribution in [0.2, 0.25) is 0 Å². The van der Waals surface area contributed by atoms with Crippen molar-refractivity contribution in [3.05, 3.63) is 0 Å². The fourth-order valence-electron chi connectivity index (χ4n) is 2.12. The van der Waals surface area contributed by atoms with Crippen LogP contribution in [0.25, 0.3) is 0 Å². The molecule has 0 bridgehead atoms. The van der Waals surface area contributed by atoms with Crippen LogP contribution in [-0.2, 0) is 4.79 Å². The Morgan fingerprint density at radius 3 is 2.40 bits per heavy atom. The molecule has 5 nitrogen and oxygen atoms in total. The predicted octanol–water partition coefficient (Wildman–Crippen LogP) is -0.576. The van der Waals surface area contributed by atoms with Gasteiger partial charge in [-0.25, -0.2) is 0 Å². The van der Waals surface area contributed by atoms with Crippen LogP contribution in [0.4, 0.5) is 0 Å². The van der Waals surface area contributed by atoms with Crippen LogP contribution in [-0.4, -0.2) is 66.7 Å². The fraction of sp³-hybridized carbons (Fsp3) is 0.900. The highest BCUT2D eigenvalue weighted by molar-refractivity contribution is 5.73. The summed E-state index contributed by atoms with van der Waals surface area (Å²) in [5, 5.41) is 8.97. The van der Waals surface area contributed by atoms with Crippen molar-refractivity contribution >= 4 is 5.97 Å². The Kier molecular flexibility index (Phi) is 4.50. The van der Waals surface area contributed by atoms with Crippen LogP contribution in [0, 0.1) is 0 Å². The molecule has 0 saturated carbocycles. The largest absolute Gasteiger partial charge is 0.480 e. The van der Waals surface area contributed by atoms with Crippen LogP contribution < -0.4 is 5.73 Å². The van der Waals surface area contributed by atoms with E-state index >= 15 is 0 Å². The fourth-order valence-corrected chi connectivity index (χ4v) is 2.12. The molecule has 0 spiro atoms. The van der Waals surface area contributed by atoms with Crippen LogP contribution in [0.1, 0.15) is 12.8 Å². The number of likely N-dealkylation sites (tertiary alicyclic amines) is 1. The zero-order valence-corrected chi connectivity index (χ0v) is 9.52. The molecule has 88 valence electrons. The maximum atomic E-state index is 10.9. The average Bonchev–Trinajstić information content (AvgIpc) is 2.19. The standard InChI is InChI=1S/C10H21N3O2/c1-12(2)8-3-5-13(6-4-8)9(7-11)10(14)15/h8-9H,3-7,11H2,1-2H3,(H,14,15). The third kappa shape index (κ3) is 3.15. The Morgan fingerprint density at radius 1 is 1.53 bits per heavy atom. The molecular weight excluding hydrogens is 194 g/mol. The molecule has 1 saturated heterocycles. The molecule has 3 N–H and O–H groups in total. The lowest BCUT2D eigenvalue weighted by molar-refractivity contribution is -0.143. The van der Waals surface area contributed by atoms with Gasteiger partial charge < -0.3 is 15.7 Å². The van der Waals surface area contributed by atoms with Crippen molar-refractivity contribution in [2.45, 2.75) is 24.9 Å².